The first-order valence-electron chi connectivity index (χ1n) is 8.31. The van der Waals surface area contributed by atoms with Gasteiger partial charge in [-0.05, 0) is 6.92 Å². The zero-order valence-corrected chi connectivity index (χ0v) is 14.8. The van der Waals surface area contributed by atoms with Gasteiger partial charge in [0.25, 0.3) is 0 Å². The van der Waals surface area contributed by atoms with Crippen molar-refractivity contribution in [3.8, 4) is 0 Å². The molecule has 2 heterocycles. The van der Waals surface area contributed by atoms with Gasteiger partial charge in [0.2, 0.25) is 0 Å². The summed E-state index contributed by atoms with van der Waals surface area (Å²) in [5.41, 5.74) is 0. The van der Waals surface area contributed by atoms with E-state index in [9.17, 15) is 19.5 Å². The predicted octanol–water partition coefficient (Wildman–Crippen LogP) is -0.407. The van der Waals surface area contributed by atoms with Crippen LogP contribution in [0.4, 0.5) is 0 Å². The molecule has 0 aliphatic carbocycles. The van der Waals surface area contributed by atoms with Gasteiger partial charge in [0, 0.05) is 40.3 Å². The van der Waals surface area contributed by atoms with Crippen molar-refractivity contribution in [3.63, 3.8) is 0 Å². The summed E-state index contributed by atoms with van der Waals surface area (Å²) in [6.07, 6.45) is -3.62. The van der Waals surface area contributed by atoms with Crippen molar-refractivity contribution in [2.24, 2.45) is 0 Å². The van der Waals surface area contributed by atoms with Crippen molar-refractivity contribution in [1.29, 1.82) is 0 Å². The summed E-state index contributed by atoms with van der Waals surface area (Å²) in [5, 5.41) is 10.5. The van der Waals surface area contributed by atoms with E-state index < -0.39 is 54.6 Å². The second-order valence-corrected chi connectivity index (χ2v) is 6.19. The number of carbonyl (C=O) groups is 3. The second-order valence-electron chi connectivity index (χ2n) is 6.19. The molecule has 2 fully saturated rings. The molecule has 142 valence electrons. The molecule has 0 aromatic heterocycles. The highest BCUT2D eigenvalue weighted by atomic mass is 16.6. The fourth-order valence-electron chi connectivity index (χ4n) is 3.60. The highest BCUT2D eigenvalue weighted by Gasteiger charge is 2.57. The van der Waals surface area contributed by atoms with Crippen molar-refractivity contribution in [1.82, 2.24) is 4.90 Å². The van der Waals surface area contributed by atoms with Gasteiger partial charge in [-0.25, -0.2) is 0 Å². The van der Waals surface area contributed by atoms with Crippen LogP contribution in [0.1, 0.15) is 34.1 Å². The Morgan fingerprint density at radius 3 is 1.96 bits per heavy atom. The molecule has 0 spiro atoms. The van der Waals surface area contributed by atoms with Crippen LogP contribution in [0.15, 0.2) is 0 Å². The van der Waals surface area contributed by atoms with Crippen LogP contribution in [-0.4, -0.2) is 77.8 Å². The number of carbonyl (C=O) groups excluding carboxylic acids is 3. The molecule has 0 bridgehead atoms. The third-order valence-electron chi connectivity index (χ3n) is 4.31. The highest BCUT2D eigenvalue weighted by molar-refractivity contribution is 5.68. The maximum atomic E-state index is 11.6. The number of piperidine rings is 1. The van der Waals surface area contributed by atoms with Gasteiger partial charge < -0.3 is 24.1 Å². The van der Waals surface area contributed by atoms with E-state index >= 15 is 0 Å². The average Bonchev–Trinajstić information content (AvgIpc) is 2.81. The Morgan fingerprint density at radius 2 is 1.48 bits per heavy atom. The standard InChI is InChI=1S/C16H25NO8/c1-5-22-11-6-13(21)17-7-12(23-8(2)18)16(25-10(4)20)14(17)15(11)24-9(3)19/h11-16,21H,5-7H2,1-4H3/t11?,12-,13?,14-,15+,16-/m1/s1. The van der Waals surface area contributed by atoms with Crippen molar-refractivity contribution in [2.75, 3.05) is 13.2 Å². The Labute approximate surface area is 146 Å². The molecule has 6 atom stereocenters. The molecule has 0 saturated carbocycles. The van der Waals surface area contributed by atoms with Gasteiger partial charge in [0.1, 0.15) is 12.3 Å². The Kier molecular flexibility index (Phi) is 6.36. The molecule has 9 heteroatoms. The molecule has 1 N–H and O–H groups in total. The van der Waals surface area contributed by atoms with Crippen LogP contribution in [0.25, 0.3) is 0 Å². The zero-order chi connectivity index (χ0) is 18.7. The lowest BCUT2D eigenvalue weighted by molar-refractivity contribution is -0.199. The fraction of sp³-hybridized carbons (Fsp3) is 0.812. The minimum Gasteiger partial charge on any atom is -0.458 e. The Morgan fingerprint density at radius 1 is 0.960 bits per heavy atom. The number of nitrogens with zero attached hydrogens (tertiary/aromatic N) is 1. The summed E-state index contributed by atoms with van der Waals surface area (Å²) in [4.78, 5) is 36.1. The number of aliphatic hydroxyl groups excluding tert-OH is 1. The Balaban J connectivity index is 2.36. The van der Waals surface area contributed by atoms with Gasteiger partial charge in [0.05, 0.1) is 12.1 Å². The zero-order valence-electron chi connectivity index (χ0n) is 14.8. The molecule has 2 unspecified atom stereocenters. The van der Waals surface area contributed by atoms with Gasteiger partial charge in [-0.2, -0.15) is 0 Å². The van der Waals surface area contributed by atoms with E-state index in [1.165, 1.54) is 20.8 Å². The molecule has 2 rings (SSSR count). The minimum absolute atomic E-state index is 0.167. The quantitative estimate of drug-likeness (QED) is 0.517. The van der Waals surface area contributed by atoms with Crippen LogP contribution < -0.4 is 0 Å². The third kappa shape index (κ3) is 4.47. The smallest absolute Gasteiger partial charge is 0.303 e. The summed E-state index contributed by atoms with van der Waals surface area (Å²) in [7, 11) is 0. The summed E-state index contributed by atoms with van der Waals surface area (Å²) in [5.74, 6) is -1.59. The normalized spacial score (nSPS) is 34.9. The second kappa shape index (κ2) is 8.11. The Bertz CT molecular complexity index is 524. The van der Waals surface area contributed by atoms with Gasteiger partial charge >= 0.3 is 17.9 Å². The molecule has 0 aromatic carbocycles. The predicted molar refractivity (Wildman–Crippen MR) is 83.2 cm³/mol. The largest absolute Gasteiger partial charge is 0.458 e. The van der Waals surface area contributed by atoms with Crippen LogP contribution in [0.3, 0.4) is 0 Å². The number of aliphatic hydroxyl groups is 1. The highest BCUT2D eigenvalue weighted by Crippen LogP contribution is 2.37. The topological polar surface area (TPSA) is 112 Å². The van der Waals surface area contributed by atoms with Crippen molar-refractivity contribution in [3.05, 3.63) is 0 Å². The molecular formula is C16H25NO8. The van der Waals surface area contributed by atoms with Crippen LogP contribution >= 0.6 is 0 Å². The van der Waals surface area contributed by atoms with Crippen LogP contribution in [0.2, 0.25) is 0 Å². The SMILES string of the molecule is CCOC1CC(O)N2C[C@@H](OC(C)=O)[C@@H](OC(C)=O)[C@H]2[C@H]1OC(C)=O. The van der Waals surface area contributed by atoms with Crippen molar-refractivity contribution >= 4 is 17.9 Å². The van der Waals surface area contributed by atoms with E-state index in [0.29, 0.717) is 6.61 Å². The molecule has 0 radical (unpaired) electrons. The number of fused-ring (bicyclic) bond motifs is 1. The number of hydrogen-bond acceptors (Lipinski definition) is 9. The average molecular weight is 359 g/mol. The van der Waals surface area contributed by atoms with Gasteiger partial charge in [0.15, 0.2) is 12.2 Å². The van der Waals surface area contributed by atoms with E-state index in [1.54, 1.807) is 11.8 Å². The third-order valence-corrected chi connectivity index (χ3v) is 4.31. The monoisotopic (exact) mass is 359 g/mol. The minimum atomic E-state index is -0.896. The summed E-state index contributed by atoms with van der Waals surface area (Å²) in [6.45, 7) is 6.10. The maximum absolute atomic E-state index is 11.6. The van der Waals surface area contributed by atoms with Crippen molar-refractivity contribution in [2.45, 2.75) is 70.8 Å². The summed E-state index contributed by atoms with van der Waals surface area (Å²) in [6, 6.07) is -0.669. The Hall–Kier alpha value is -1.71. The lowest BCUT2D eigenvalue weighted by atomic mass is 9.92. The van der Waals surface area contributed by atoms with Gasteiger partial charge in [-0.3, -0.25) is 19.3 Å². The number of ether oxygens (including phenoxy) is 4. The van der Waals surface area contributed by atoms with Crippen LogP contribution in [0, 0.1) is 0 Å². The van der Waals surface area contributed by atoms with E-state index in [4.69, 9.17) is 18.9 Å². The van der Waals surface area contributed by atoms with E-state index in [1.807, 2.05) is 0 Å². The van der Waals surface area contributed by atoms with E-state index in [2.05, 4.69) is 0 Å². The number of hydrogen-bond donors (Lipinski definition) is 1. The lowest BCUT2D eigenvalue weighted by Crippen LogP contribution is -2.61. The van der Waals surface area contributed by atoms with Crippen molar-refractivity contribution < 1.29 is 38.4 Å². The number of rotatable bonds is 5. The first kappa shape index (κ1) is 19.6. The molecule has 0 amide bonds. The molecule has 2 aliphatic heterocycles. The van der Waals surface area contributed by atoms with E-state index in [0.717, 1.165) is 0 Å². The van der Waals surface area contributed by atoms with Gasteiger partial charge in [-0.15, -0.1) is 0 Å². The van der Waals surface area contributed by atoms with Gasteiger partial charge in [-0.1, -0.05) is 0 Å². The molecule has 2 saturated heterocycles. The number of esters is 3. The van der Waals surface area contributed by atoms with Crippen LogP contribution in [0.5, 0.6) is 0 Å². The summed E-state index contributed by atoms with van der Waals surface area (Å²) < 4.78 is 21.7. The molecule has 0 aromatic rings. The molecule has 2 aliphatic rings. The molecular weight excluding hydrogens is 334 g/mol. The lowest BCUT2D eigenvalue weighted by Gasteiger charge is -2.44. The molecule has 25 heavy (non-hydrogen) atoms. The van der Waals surface area contributed by atoms with Crippen LogP contribution in [-0.2, 0) is 33.3 Å². The first-order valence-corrected chi connectivity index (χ1v) is 8.31. The molecule has 9 nitrogen and oxygen atoms in total. The summed E-state index contributed by atoms with van der Waals surface area (Å²) >= 11 is 0. The fourth-order valence-corrected chi connectivity index (χ4v) is 3.60. The maximum Gasteiger partial charge on any atom is 0.303 e. The van der Waals surface area contributed by atoms with E-state index in [-0.39, 0.29) is 13.0 Å². The first-order chi connectivity index (χ1) is 11.7.